The molecule has 1 aliphatic carbocycles. The summed E-state index contributed by atoms with van der Waals surface area (Å²) in [5, 5.41) is 9.17. The van der Waals surface area contributed by atoms with Crippen molar-refractivity contribution in [2.45, 2.75) is 32.0 Å². The van der Waals surface area contributed by atoms with Crippen molar-refractivity contribution in [1.82, 2.24) is 0 Å². The third kappa shape index (κ3) is 3.59. The molecule has 3 rings (SSSR count). The lowest BCUT2D eigenvalue weighted by Gasteiger charge is -2.32. The van der Waals surface area contributed by atoms with E-state index in [2.05, 4.69) is 15.9 Å². The van der Waals surface area contributed by atoms with Crippen molar-refractivity contribution in [2.75, 3.05) is 18.1 Å². The number of aliphatic hydroxyl groups is 1. The lowest BCUT2D eigenvalue weighted by molar-refractivity contribution is -0.137. The molecule has 1 atom stereocenters. The zero-order valence-electron chi connectivity index (χ0n) is 14.1. The molecule has 1 unspecified atom stereocenters. The lowest BCUT2D eigenvalue weighted by Crippen LogP contribution is -2.30. The minimum atomic E-state index is -4.52. The van der Waals surface area contributed by atoms with Crippen molar-refractivity contribution in [1.29, 1.82) is 0 Å². The van der Waals surface area contributed by atoms with Crippen molar-refractivity contribution >= 4 is 33.2 Å². The van der Waals surface area contributed by atoms with Gasteiger partial charge in [0.05, 0.1) is 23.2 Å². The van der Waals surface area contributed by atoms with Crippen LogP contribution in [0.25, 0.3) is 0 Å². The summed E-state index contributed by atoms with van der Waals surface area (Å²) < 4.78 is 40.7. The van der Waals surface area contributed by atoms with E-state index in [1.165, 1.54) is 11.6 Å². The first-order valence-electron chi connectivity index (χ1n) is 8.26. The number of fused-ring (bicyclic) bond motifs is 1. The SMILES string of the molecule is Cc1ccc2c(c1Br)CCC2N(CCO)c1ccc(Cl)c(C(F)(F)F)c1. The maximum absolute atomic E-state index is 13.2. The van der Waals surface area contributed by atoms with Crippen LogP contribution in [0, 0.1) is 6.92 Å². The fraction of sp³-hybridized carbons (Fsp3) is 0.368. The van der Waals surface area contributed by atoms with E-state index < -0.39 is 11.7 Å². The molecule has 140 valence electrons. The number of hydrogen-bond acceptors (Lipinski definition) is 2. The highest BCUT2D eigenvalue weighted by Gasteiger charge is 2.35. The van der Waals surface area contributed by atoms with Crippen molar-refractivity contribution in [3.8, 4) is 0 Å². The predicted octanol–water partition coefficient (Wildman–Crippen LogP) is 5.92. The Morgan fingerprint density at radius 3 is 2.65 bits per heavy atom. The molecule has 2 aromatic carbocycles. The Labute approximate surface area is 163 Å². The van der Waals surface area contributed by atoms with Crippen LogP contribution in [0.3, 0.4) is 0 Å². The average molecular weight is 449 g/mol. The molecule has 0 amide bonds. The number of anilines is 1. The average Bonchev–Trinajstić information content (AvgIpc) is 3.00. The monoisotopic (exact) mass is 447 g/mol. The molecule has 0 fully saturated rings. The topological polar surface area (TPSA) is 23.5 Å². The van der Waals surface area contributed by atoms with Crippen LogP contribution in [-0.4, -0.2) is 18.3 Å². The highest BCUT2D eigenvalue weighted by Crippen LogP contribution is 2.44. The largest absolute Gasteiger partial charge is 0.417 e. The Morgan fingerprint density at radius 2 is 2.00 bits per heavy atom. The van der Waals surface area contributed by atoms with Crippen molar-refractivity contribution < 1.29 is 18.3 Å². The molecule has 26 heavy (non-hydrogen) atoms. The quantitative estimate of drug-likeness (QED) is 0.628. The highest BCUT2D eigenvalue weighted by molar-refractivity contribution is 9.10. The van der Waals surface area contributed by atoms with Gasteiger partial charge in [-0.05, 0) is 54.7 Å². The molecule has 0 radical (unpaired) electrons. The normalized spacial score (nSPS) is 16.7. The predicted molar refractivity (Wildman–Crippen MR) is 101 cm³/mol. The summed E-state index contributed by atoms with van der Waals surface area (Å²) in [6.07, 6.45) is -2.91. The summed E-state index contributed by atoms with van der Waals surface area (Å²) in [6.45, 7) is 2.11. The van der Waals surface area contributed by atoms with Gasteiger partial charge in [0, 0.05) is 16.7 Å². The van der Waals surface area contributed by atoms with E-state index in [1.807, 2.05) is 24.0 Å². The Kier molecular flexibility index (Phi) is 5.56. The molecular formula is C19H18BrClF3NO. The number of aliphatic hydroxyl groups excluding tert-OH is 1. The maximum Gasteiger partial charge on any atom is 0.417 e. The number of alkyl halides is 3. The van der Waals surface area contributed by atoms with Gasteiger partial charge in [-0.2, -0.15) is 13.2 Å². The van der Waals surface area contributed by atoms with Crippen LogP contribution in [0.2, 0.25) is 5.02 Å². The molecule has 7 heteroatoms. The number of nitrogens with zero attached hydrogens (tertiary/aromatic N) is 1. The van der Waals surface area contributed by atoms with Crippen LogP contribution >= 0.6 is 27.5 Å². The third-order valence-electron chi connectivity index (χ3n) is 4.80. The fourth-order valence-electron chi connectivity index (χ4n) is 3.56. The Balaban J connectivity index is 2.04. The van der Waals surface area contributed by atoms with Crippen molar-refractivity contribution in [3.63, 3.8) is 0 Å². The summed E-state index contributed by atoms with van der Waals surface area (Å²) >= 11 is 9.36. The van der Waals surface area contributed by atoms with Crippen molar-refractivity contribution in [2.24, 2.45) is 0 Å². The molecule has 1 N–H and O–H groups in total. The van der Waals surface area contributed by atoms with Gasteiger partial charge in [-0.3, -0.25) is 0 Å². The molecule has 0 heterocycles. The van der Waals surface area contributed by atoms with Gasteiger partial charge in [0.25, 0.3) is 0 Å². The first-order valence-corrected chi connectivity index (χ1v) is 9.43. The van der Waals surface area contributed by atoms with Crippen LogP contribution in [0.5, 0.6) is 0 Å². The van der Waals surface area contributed by atoms with Gasteiger partial charge >= 0.3 is 6.18 Å². The van der Waals surface area contributed by atoms with E-state index in [1.54, 1.807) is 6.07 Å². The molecule has 0 bridgehead atoms. The minimum absolute atomic E-state index is 0.0868. The molecule has 0 aliphatic heterocycles. The second-order valence-corrected chi connectivity index (χ2v) is 7.60. The van der Waals surface area contributed by atoms with E-state index in [-0.39, 0.29) is 24.2 Å². The molecule has 0 saturated carbocycles. The van der Waals surface area contributed by atoms with Gasteiger partial charge < -0.3 is 10.0 Å². The van der Waals surface area contributed by atoms with Crippen LogP contribution in [-0.2, 0) is 12.6 Å². The Bertz CT molecular complexity index is 825. The first-order chi connectivity index (χ1) is 12.2. The summed E-state index contributed by atoms with van der Waals surface area (Å²) in [4.78, 5) is 1.83. The summed E-state index contributed by atoms with van der Waals surface area (Å²) in [5.74, 6) is 0. The molecular weight excluding hydrogens is 431 g/mol. The van der Waals surface area contributed by atoms with Crippen LogP contribution in [0.4, 0.5) is 18.9 Å². The molecule has 2 nitrogen and oxygen atoms in total. The first kappa shape index (κ1) is 19.5. The fourth-order valence-corrected chi connectivity index (χ4v) is 4.35. The zero-order chi connectivity index (χ0) is 19.1. The number of halogens is 5. The van der Waals surface area contributed by atoms with Gasteiger partial charge in [-0.1, -0.05) is 39.7 Å². The minimum Gasteiger partial charge on any atom is -0.395 e. The van der Waals surface area contributed by atoms with Crippen LogP contribution < -0.4 is 4.90 Å². The summed E-state index contributed by atoms with van der Waals surface area (Å²) in [6, 6.07) is 7.86. The lowest BCUT2D eigenvalue weighted by atomic mass is 10.0. The van der Waals surface area contributed by atoms with Gasteiger partial charge in [0.15, 0.2) is 0 Å². The second-order valence-electron chi connectivity index (χ2n) is 6.40. The molecule has 0 spiro atoms. The standard InChI is InChI=1S/C19H18BrClF3NO/c1-11-2-4-13-14(18(11)20)5-7-17(13)25(8-9-26)12-3-6-16(21)15(10-12)19(22,23)24/h2-4,6,10,17,26H,5,7-9H2,1H3. The molecule has 2 aromatic rings. The van der Waals surface area contributed by atoms with E-state index >= 15 is 0 Å². The molecule has 0 saturated heterocycles. The smallest absolute Gasteiger partial charge is 0.395 e. The van der Waals surface area contributed by atoms with E-state index in [0.717, 1.165) is 34.5 Å². The van der Waals surface area contributed by atoms with Gasteiger partial charge in [0.1, 0.15) is 0 Å². The highest BCUT2D eigenvalue weighted by atomic mass is 79.9. The Hall–Kier alpha value is -1.24. The van der Waals surface area contributed by atoms with Crippen LogP contribution in [0.1, 0.15) is 34.7 Å². The van der Waals surface area contributed by atoms with Gasteiger partial charge in [-0.15, -0.1) is 0 Å². The summed E-state index contributed by atoms with van der Waals surface area (Å²) in [7, 11) is 0. The maximum atomic E-state index is 13.2. The molecule has 1 aliphatic rings. The molecule has 0 aromatic heterocycles. The number of benzene rings is 2. The third-order valence-corrected chi connectivity index (χ3v) is 6.24. The van der Waals surface area contributed by atoms with Gasteiger partial charge in [-0.25, -0.2) is 0 Å². The van der Waals surface area contributed by atoms with E-state index in [9.17, 15) is 18.3 Å². The van der Waals surface area contributed by atoms with E-state index in [4.69, 9.17) is 11.6 Å². The number of rotatable bonds is 4. The number of aryl methyl sites for hydroxylation is 1. The zero-order valence-corrected chi connectivity index (χ0v) is 16.4. The number of hydrogen-bond donors (Lipinski definition) is 1. The second kappa shape index (κ2) is 7.41. The Morgan fingerprint density at radius 1 is 1.27 bits per heavy atom. The van der Waals surface area contributed by atoms with E-state index in [0.29, 0.717) is 5.69 Å². The van der Waals surface area contributed by atoms with Crippen LogP contribution in [0.15, 0.2) is 34.8 Å². The van der Waals surface area contributed by atoms with Gasteiger partial charge in [0.2, 0.25) is 0 Å². The summed E-state index contributed by atoms with van der Waals surface area (Å²) in [5.41, 5.74) is 2.94. The van der Waals surface area contributed by atoms with Crippen molar-refractivity contribution in [3.05, 3.63) is 62.1 Å².